The van der Waals surface area contributed by atoms with E-state index in [1.165, 1.54) is 0 Å². The molecule has 20 heavy (non-hydrogen) atoms. The summed E-state index contributed by atoms with van der Waals surface area (Å²) in [4.78, 5) is 28.1. The van der Waals surface area contributed by atoms with Crippen LogP contribution in [0.15, 0.2) is 24.3 Å². The Balaban J connectivity index is 1.76. The zero-order valence-electron chi connectivity index (χ0n) is 11.4. The third-order valence-electron chi connectivity index (χ3n) is 4.00. The number of nitrogens with zero attached hydrogens (tertiary/aromatic N) is 2. The number of carbonyl (C=O) groups is 2. The maximum Gasteiger partial charge on any atom is 0.249 e. The van der Waals surface area contributed by atoms with E-state index in [2.05, 4.69) is 0 Å². The van der Waals surface area contributed by atoms with E-state index in [9.17, 15) is 9.59 Å². The lowest BCUT2D eigenvalue weighted by molar-refractivity contribution is -0.141. The Morgan fingerprint density at radius 1 is 1.20 bits per heavy atom. The molecule has 3 rings (SSSR count). The Kier molecular flexibility index (Phi) is 3.42. The van der Waals surface area contributed by atoms with Crippen molar-refractivity contribution in [3.8, 4) is 0 Å². The zero-order chi connectivity index (χ0) is 14.3. The second-order valence-electron chi connectivity index (χ2n) is 5.45. The van der Waals surface area contributed by atoms with Crippen molar-refractivity contribution >= 4 is 29.1 Å². The number of benzene rings is 1. The Bertz CT molecular complexity index is 539. The average molecular weight is 293 g/mol. The number of amides is 2. The van der Waals surface area contributed by atoms with E-state index in [1.807, 2.05) is 19.1 Å². The van der Waals surface area contributed by atoms with Gasteiger partial charge in [-0.2, -0.15) is 0 Å². The molecule has 2 fully saturated rings. The monoisotopic (exact) mass is 292 g/mol. The molecule has 1 saturated carbocycles. The van der Waals surface area contributed by atoms with Crippen LogP contribution in [0.1, 0.15) is 19.8 Å². The number of hydrogen-bond acceptors (Lipinski definition) is 2. The van der Waals surface area contributed by atoms with Crippen molar-refractivity contribution in [2.45, 2.75) is 25.8 Å². The second-order valence-corrected chi connectivity index (χ2v) is 5.88. The summed E-state index contributed by atoms with van der Waals surface area (Å²) >= 11 is 5.87. The molecule has 1 aromatic carbocycles. The topological polar surface area (TPSA) is 40.6 Å². The van der Waals surface area contributed by atoms with Crippen LogP contribution < -0.4 is 4.90 Å². The lowest BCUT2D eigenvalue weighted by Crippen LogP contribution is -2.58. The minimum Gasteiger partial charge on any atom is -0.329 e. The molecule has 0 aromatic heterocycles. The fourth-order valence-corrected chi connectivity index (χ4v) is 2.74. The van der Waals surface area contributed by atoms with Gasteiger partial charge in [0.25, 0.3) is 0 Å². The highest BCUT2D eigenvalue weighted by atomic mass is 35.5. The van der Waals surface area contributed by atoms with E-state index < -0.39 is 0 Å². The molecule has 1 aromatic rings. The summed E-state index contributed by atoms with van der Waals surface area (Å²) in [7, 11) is 0. The molecule has 5 heteroatoms. The molecular weight excluding hydrogens is 276 g/mol. The van der Waals surface area contributed by atoms with E-state index in [0.717, 1.165) is 18.5 Å². The Labute approximate surface area is 123 Å². The first-order chi connectivity index (χ1) is 9.58. The quantitative estimate of drug-likeness (QED) is 0.839. The number of hydrogen-bond donors (Lipinski definition) is 0. The third-order valence-corrected chi connectivity index (χ3v) is 4.26. The predicted molar refractivity (Wildman–Crippen MR) is 77.7 cm³/mol. The van der Waals surface area contributed by atoms with Crippen LogP contribution >= 0.6 is 11.6 Å². The summed E-state index contributed by atoms with van der Waals surface area (Å²) in [6, 6.07) is 6.84. The zero-order valence-corrected chi connectivity index (χ0v) is 12.1. The van der Waals surface area contributed by atoms with Crippen LogP contribution in [0.5, 0.6) is 0 Å². The van der Waals surface area contributed by atoms with Gasteiger partial charge in [-0.25, -0.2) is 0 Å². The second kappa shape index (κ2) is 5.09. The highest BCUT2D eigenvalue weighted by Gasteiger charge is 2.40. The number of carbonyl (C=O) groups excluding carboxylic acids is 2. The molecule has 1 saturated heterocycles. The van der Waals surface area contributed by atoms with Gasteiger partial charge < -0.3 is 9.80 Å². The molecule has 0 spiro atoms. The highest BCUT2D eigenvalue weighted by molar-refractivity contribution is 6.30. The van der Waals surface area contributed by atoms with Crippen LogP contribution in [0.25, 0.3) is 0 Å². The van der Waals surface area contributed by atoms with Gasteiger partial charge in [-0.05, 0) is 44.0 Å². The van der Waals surface area contributed by atoms with Gasteiger partial charge in [0.05, 0.1) is 0 Å². The first-order valence-corrected chi connectivity index (χ1v) is 7.33. The normalized spacial score (nSPS) is 23.1. The van der Waals surface area contributed by atoms with E-state index in [0.29, 0.717) is 18.1 Å². The summed E-state index contributed by atoms with van der Waals surface area (Å²) in [5, 5.41) is 0.650. The smallest absolute Gasteiger partial charge is 0.249 e. The van der Waals surface area contributed by atoms with Crippen LogP contribution in [0.2, 0.25) is 5.02 Å². The summed E-state index contributed by atoms with van der Waals surface area (Å²) in [5.41, 5.74) is 0.838. The molecule has 1 atom stereocenters. The van der Waals surface area contributed by atoms with Gasteiger partial charge in [0.1, 0.15) is 6.04 Å². The number of anilines is 1. The summed E-state index contributed by atoms with van der Waals surface area (Å²) < 4.78 is 0. The molecule has 2 amide bonds. The highest BCUT2D eigenvalue weighted by Crippen LogP contribution is 2.33. The number of piperazine rings is 1. The number of rotatable bonds is 2. The van der Waals surface area contributed by atoms with Crippen molar-refractivity contribution in [1.29, 1.82) is 0 Å². The lowest BCUT2D eigenvalue weighted by atomic mass is 10.1. The number of halogens is 1. The summed E-state index contributed by atoms with van der Waals surface area (Å²) in [6.07, 6.45) is 1.94. The summed E-state index contributed by atoms with van der Waals surface area (Å²) in [5.74, 6) is 0.279. The molecule has 0 radical (unpaired) electrons. The molecule has 106 valence electrons. The standard InChI is InChI=1S/C15H17ClN2O2/c1-10-14(19)18(13-6-4-12(16)5-7-13)9-8-17(10)15(20)11-2-3-11/h4-7,10-11H,2-3,8-9H2,1H3. The molecule has 2 aliphatic rings. The third kappa shape index (κ3) is 2.40. The van der Waals surface area contributed by atoms with Crippen LogP contribution in [0.3, 0.4) is 0 Å². The molecule has 0 bridgehead atoms. The van der Waals surface area contributed by atoms with Crippen molar-refractivity contribution < 1.29 is 9.59 Å². The van der Waals surface area contributed by atoms with Gasteiger partial charge >= 0.3 is 0 Å². The van der Waals surface area contributed by atoms with Crippen molar-refractivity contribution in [3.63, 3.8) is 0 Å². The van der Waals surface area contributed by atoms with E-state index in [-0.39, 0.29) is 23.8 Å². The van der Waals surface area contributed by atoms with Crippen molar-refractivity contribution in [3.05, 3.63) is 29.3 Å². The first kappa shape index (κ1) is 13.4. The van der Waals surface area contributed by atoms with Crippen LogP contribution in [0.4, 0.5) is 5.69 Å². The Morgan fingerprint density at radius 2 is 1.85 bits per heavy atom. The molecular formula is C15H17ClN2O2. The van der Waals surface area contributed by atoms with Gasteiger partial charge in [0.15, 0.2) is 0 Å². The molecule has 1 heterocycles. The van der Waals surface area contributed by atoms with E-state index in [1.54, 1.807) is 21.9 Å². The molecule has 1 aliphatic carbocycles. The van der Waals surface area contributed by atoms with E-state index in [4.69, 9.17) is 11.6 Å². The fourth-order valence-electron chi connectivity index (χ4n) is 2.61. The van der Waals surface area contributed by atoms with Crippen LogP contribution in [-0.2, 0) is 9.59 Å². The Hall–Kier alpha value is -1.55. The van der Waals surface area contributed by atoms with Crippen molar-refractivity contribution in [2.24, 2.45) is 5.92 Å². The minimum absolute atomic E-state index is 0.0208. The van der Waals surface area contributed by atoms with Gasteiger partial charge in [-0.1, -0.05) is 11.6 Å². The SMILES string of the molecule is CC1C(=O)N(c2ccc(Cl)cc2)CCN1C(=O)C1CC1. The summed E-state index contributed by atoms with van der Waals surface area (Å²) in [6.45, 7) is 2.96. The molecule has 0 N–H and O–H groups in total. The maximum absolute atomic E-state index is 12.5. The molecule has 1 unspecified atom stereocenters. The van der Waals surface area contributed by atoms with Crippen molar-refractivity contribution in [2.75, 3.05) is 18.0 Å². The average Bonchev–Trinajstić information content (AvgIpc) is 3.27. The first-order valence-electron chi connectivity index (χ1n) is 6.95. The Morgan fingerprint density at radius 3 is 2.45 bits per heavy atom. The van der Waals surface area contributed by atoms with Gasteiger partial charge in [0.2, 0.25) is 11.8 Å². The van der Waals surface area contributed by atoms with Crippen molar-refractivity contribution in [1.82, 2.24) is 4.90 Å². The maximum atomic E-state index is 12.5. The fraction of sp³-hybridized carbons (Fsp3) is 0.467. The molecule has 1 aliphatic heterocycles. The lowest BCUT2D eigenvalue weighted by Gasteiger charge is -2.39. The van der Waals surface area contributed by atoms with Gasteiger partial charge in [-0.3, -0.25) is 9.59 Å². The van der Waals surface area contributed by atoms with Gasteiger partial charge in [-0.15, -0.1) is 0 Å². The predicted octanol–water partition coefficient (Wildman–Crippen LogP) is 2.31. The van der Waals surface area contributed by atoms with Crippen LogP contribution in [-0.4, -0.2) is 35.8 Å². The minimum atomic E-state index is -0.382. The molecule has 4 nitrogen and oxygen atoms in total. The van der Waals surface area contributed by atoms with Crippen LogP contribution in [0, 0.1) is 5.92 Å². The van der Waals surface area contributed by atoms with Gasteiger partial charge in [0, 0.05) is 29.7 Å². The largest absolute Gasteiger partial charge is 0.329 e. The van der Waals surface area contributed by atoms with E-state index >= 15 is 0 Å².